The van der Waals surface area contributed by atoms with Crippen molar-refractivity contribution in [3.05, 3.63) is 29.6 Å². The molecule has 0 aliphatic heterocycles. The molecule has 0 saturated heterocycles. The third-order valence-corrected chi connectivity index (χ3v) is 2.97. The summed E-state index contributed by atoms with van der Waals surface area (Å²) in [6, 6.07) is 5.30. The molecule has 2 heterocycles. The van der Waals surface area contributed by atoms with Crippen LogP contribution in [-0.4, -0.2) is 20.7 Å². The molecule has 21 heavy (non-hydrogen) atoms. The maximum atomic E-state index is 10.5. The molecule has 2 aromatic rings. The fraction of sp³-hybridized carbons (Fsp3) is 0.286. The highest BCUT2D eigenvalue weighted by atomic mass is 16.4. The minimum absolute atomic E-state index is 0.0242. The summed E-state index contributed by atoms with van der Waals surface area (Å²) in [6.45, 7) is 3.82. The number of carbonyl (C=O) groups is 1. The molecular formula is C14H14N5O2-. The van der Waals surface area contributed by atoms with Gasteiger partial charge in [0.2, 0.25) is 0 Å². The molecule has 0 saturated carbocycles. The molecule has 0 bridgehead atoms. The second-order valence-corrected chi connectivity index (χ2v) is 4.85. The number of rotatable bonds is 4. The van der Waals surface area contributed by atoms with Crippen LogP contribution in [0.2, 0.25) is 0 Å². The van der Waals surface area contributed by atoms with E-state index in [0.29, 0.717) is 22.8 Å². The smallest absolute Gasteiger partial charge is 0.140 e. The Bertz CT molecular complexity index is 710. The highest BCUT2D eigenvalue weighted by Crippen LogP contribution is 2.28. The molecule has 0 aliphatic carbocycles. The minimum atomic E-state index is -1.19. The van der Waals surface area contributed by atoms with E-state index in [0.717, 1.165) is 0 Å². The first-order chi connectivity index (χ1) is 9.93. The zero-order chi connectivity index (χ0) is 15.6. The van der Waals surface area contributed by atoms with E-state index >= 15 is 0 Å². The second kappa shape index (κ2) is 5.63. The lowest BCUT2D eigenvalue weighted by molar-refractivity contribution is -0.304. The Morgan fingerprint density at radius 1 is 1.52 bits per heavy atom. The minimum Gasteiger partial charge on any atom is -0.550 e. The number of carbonyl (C=O) groups excluding carboxylic acids is 1. The molecule has 2 rings (SSSR count). The van der Waals surface area contributed by atoms with Crippen LogP contribution in [0.4, 0.5) is 5.82 Å². The predicted octanol–water partition coefficient (Wildman–Crippen LogP) is 0.272. The second-order valence-electron chi connectivity index (χ2n) is 4.85. The van der Waals surface area contributed by atoms with Gasteiger partial charge in [-0.2, -0.15) is 10.4 Å². The van der Waals surface area contributed by atoms with Crippen molar-refractivity contribution in [3.63, 3.8) is 0 Å². The van der Waals surface area contributed by atoms with Gasteiger partial charge in [0.15, 0.2) is 0 Å². The number of hydrogen-bond donors (Lipinski definition) is 1. The molecule has 0 unspecified atom stereocenters. The van der Waals surface area contributed by atoms with Crippen LogP contribution >= 0.6 is 0 Å². The SMILES string of the molecule is CC(C)n1nc(-c2ccc(CC(=O)[O-])nc2)c(C#N)c1N. The fourth-order valence-electron chi connectivity index (χ4n) is 1.97. The van der Waals surface area contributed by atoms with Crippen molar-refractivity contribution in [2.75, 3.05) is 5.73 Å². The van der Waals surface area contributed by atoms with Gasteiger partial charge in [-0.25, -0.2) is 4.68 Å². The van der Waals surface area contributed by atoms with E-state index in [1.165, 1.54) is 6.20 Å². The lowest BCUT2D eigenvalue weighted by atomic mass is 10.1. The molecule has 0 fully saturated rings. The number of carboxylic acids is 1. The number of nitriles is 1. The number of anilines is 1. The molecule has 0 amide bonds. The van der Waals surface area contributed by atoms with Crippen molar-refractivity contribution < 1.29 is 9.90 Å². The number of pyridine rings is 1. The topological polar surface area (TPSA) is 121 Å². The first kappa shape index (κ1) is 14.5. The van der Waals surface area contributed by atoms with Crippen LogP contribution in [0.1, 0.15) is 31.1 Å². The number of nitrogens with zero attached hydrogens (tertiary/aromatic N) is 4. The van der Waals surface area contributed by atoms with Crippen molar-refractivity contribution >= 4 is 11.8 Å². The average Bonchev–Trinajstić information content (AvgIpc) is 2.76. The van der Waals surface area contributed by atoms with E-state index in [2.05, 4.69) is 10.1 Å². The third kappa shape index (κ3) is 2.84. The molecule has 0 spiro atoms. The Balaban J connectivity index is 2.45. The van der Waals surface area contributed by atoms with Gasteiger partial charge >= 0.3 is 0 Å². The molecule has 2 N–H and O–H groups in total. The van der Waals surface area contributed by atoms with Crippen molar-refractivity contribution in [1.29, 1.82) is 5.26 Å². The highest BCUT2D eigenvalue weighted by Gasteiger charge is 2.18. The molecule has 7 heteroatoms. The summed E-state index contributed by atoms with van der Waals surface area (Å²) < 4.78 is 1.57. The Morgan fingerprint density at radius 2 is 2.24 bits per heavy atom. The molecule has 7 nitrogen and oxygen atoms in total. The van der Waals surface area contributed by atoms with Gasteiger partial charge in [0, 0.05) is 35.9 Å². The summed E-state index contributed by atoms with van der Waals surface area (Å²) >= 11 is 0. The van der Waals surface area contributed by atoms with Gasteiger partial charge in [-0.05, 0) is 26.0 Å². The summed E-state index contributed by atoms with van der Waals surface area (Å²) in [5.74, 6) is -0.886. The lowest BCUT2D eigenvalue weighted by Crippen LogP contribution is -2.24. The number of nitrogens with two attached hydrogens (primary N) is 1. The van der Waals surface area contributed by atoms with E-state index in [-0.39, 0.29) is 18.0 Å². The summed E-state index contributed by atoms with van der Waals surface area (Å²) in [5.41, 5.74) is 7.64. The molecule has 0 atom stereocenters. The maximum Gasteiger partial charge on any atom is 0.140 e. The van der Waals surface area contributed by atoms with E-state index in [1.807, 2.05) is 19.9 Å². The monoisotopic (exact) mass is 284 g/mol. The first-order valence-corrected chi connectivity index (χ1v) is 6.37. The number of carboxylic acid groups (broad SMARTS) is 1. The molecule has 0 aliphatic rings. The van der Waals surface area contributed by atoms with Crippen LogP contribution in [0, 0.1) is 11.3 Å². The first-order valence-electron chi connectivity index (χ1n) is 6.37. The molecule has 108 valence electrons. The van der Waals surface area contributed by atoms with Crippen LogP contribution in [0.15, 0.2) is 18.3 Å². The normalized spacial score (nSPS) is 10.6. The van der Waals surface area contributed by atoms with Gasteiger partial charge in [-0.15, -0.1) is 0 Å². The summed E-state index contributed by atoms with van der Waals surface area (Å²) in [4.78, 5) is 14.6. The van der Waals surface area contributed by atoms with Crippen molar-refractivity contribution in [2.45, 2.75) is 26.3 Å². The van der Waals surface area contributed by atoms with E-state index in [4.69, 9.17) is 5.73 Å². The Hall–Kier alpha value is -2.88. The number of aromatic nitrogens is 3. The summed E-state index contributed by atoms with van der Waals surface area (Å²) in [6.07, 6.45) is 1.22. The standard InChI is InChI=1S/C14H15N5O2/c1-8(2)19-14(16)11(6-15)13(18-19)9-3-4-10(17-7-9)5-12(20)21/h3-4,7-8H,5,16H2,1-2H3,(H,20,21)/p-1. The third-order valence-electron chi connectivity index (χ3n) is 2.97. The fourth-order valence-corrected chi connectivity index (χ4v) is 1.97. The van der Waals surface area contributed by atoms with Crippen LogP contribution < -0.4 is 10.8 Å². The van der Waals surface area contributed by atoms with Gasteiger partial charge in [0.1, 0.15) is 23.1 Å². The Labute approximate surface area is 121 Å². The molecular weight excluding hydrogens is 270 g/mol. The molecule has 0 radical (unpaired) electrons. The zero-order valence-electron chi connectivity index (χ0n) is 11.7. The maximum absolute atomic E-state index is 10.5. The average molecular weight is 284 g/mol. The largest absolute Gasteiger partial charge is 0.550 e. The van der Waals surface area contributed by atoms with E-state index in [9.17, 15) is 15.2 Å². The number of hydrogen-bond acceptors (Lipinski definition) is 6. The Morgan fingerprint density at radius 3 is 2.71 bits per heavy atom. The Kier molecular flexibility index (Phi) is 3.89. The van der Waals surface area contributed by atoms with Gasteiger partial charge in [-0.1, -0.05) is 0 Å². The van der Waals surface area contributed by atoms with E-state index in [1.54, 1.807) is 16.8 Å². The van der Waals surface area contributed by atoms with Crippen LogP contribution in [0.3, 0.4) is 0 Å². The van der Waals surface area contributed by atoms with Gasteiger partial charge < -0.3 is 15.6 Å². The lowest BCUT2D eigenvalue weighted by Gasteiger charge is -2.06. The summed E-state index contributed by atoms with van der Waals surface area (Å²) in [5, 5.41) is 24.1. The summed E-state index contributed by atoms with van der Waals surface area (Å²) in [7, 11) is 0. The van der Waals surface area contributed by atoms with Crippen molar-refractivity contribution in [1.82, 2.24) is 14.8 Å². The van der Waals surface area contributed by atoms with Crippen LogP contribution in [0.25, 0.3) is 11.3 Å². The van der Waals surface area contributed by atoms with Crippen molar-refractivity contribution in [2.24, 2.45) is 0 Å². The van der Waals surface area contributed by atoms with Gasteiger partial charge in [0.25, 0.3) is 0 Å². The number of aliphatic carboxylic acids is 1. The zero-order valence-corrected chi connectivity index (χ0v) is 11.7. The van der Waals surface area contributed by atoms with Crippen molar-refractivity contribution in [3.8, 4) is 17.3 Å². The van der Waals surface area contributed by atoms with Crippen LogP contribution in [-0.2, 0) is 11.2 Å². The predicted molar refractivity (Wildman–Crippen MR) is 73.7 cm³/mol. The van der Waals surface area contributed by atoms with E-state index < -0.39 is 5.97 Å². The highest BCUT2D eigenvalue weighted by molar-refractivity contribution is 5.72. The van der Waals surface area contributed by atoms with Gasteiger partial charge in [0.05, 0.1) is 0 Å². The van der Waals surface area contributed by atoms with Gasteiger partial charge in [-0.3, -0.25) is 4.98 Å². The number of nitrogen functional groups attached to an aromatic ring is 1. The molecule has 2 aromatic heterocycles. The van der Waals surface area contributed by atoms with Crippen LogP contribution in [0.5, 0.6) is 0 Å². The molecule has 0 aromatic carbocycles. The quantitative estimate of drug-likeness (QED) is 0.860.